The largest absolute Gasteiger partial charge is 0.357 e. The summed E-state index contributed by atoms with van der Waals surface area (Å²) in [7, 11) is 1.73. The van der Waals surface area contributed by atoms with Crippen molar-refractivity contribution in [2.24, 2.45) is 11.8 Å². The standard InChI is InChI=1S/C12H19FN4/c1-8(2)9-4-5-17(7-9)11-10(13)6-15-12(14-3)16-11/h6,8-9H,4-5,7H2,1-3H3,(H,14,15,16). The maximum Gasteiger partial charge on any atom is 0.224 e. The summed E-state index contributed by atoms with van der Waals surface area (Å²) in [5.74, 6) is 1.81. The van der Waals surface area contributed by atoms with Crippen LogP contribution in [-0.2, 0) is 0 Å². The van der Waals surface area contributed by atoms with Crippen LogP contribution in [0.4, 0.5) is 16.2 Å². The quantitative estimate of drug-likeness (QED) is 0.876. The molecule has 1 atom stereocenters. The van der Waals surface area contributed by atoms with Crippen molar-refractivity contribution in [3.8, 4) is 0 Å². The Morgan fingerprint density at radius 1 is 1.53 bits per heavy atom. The Bertz CT molecular complexity index is 394. The molecule has 1 aromatic rings. The molecule has 0 aliphatic carbocycles. The summed E-state index contributed by atoms with van der Waals surface area (Å²) in [6.07, 6.45) is 2.34. The monoisotopic (exact) mass is 238 g/mol. The maximum atomic E-state index is 13.7. The predicted octanol–water partition coefficient (Wildman–Crippen LogP) is 2.14. The fraction of sp³-hybridized carbons (Fsp3) is 0.667. The van der Waals surface area contributed by atoms with Crippen LogP contribution in [0.5, 0.6) is 0 Å². The van der Waals surface area contributed by atoms with Crippen LogP contribution in [0, 0.1) is 17.7 Å². The van der Waals surface area contributed by atoms with E-state index in [2.05, 4.69) is 29.1 Å². The summed E-state index contributed by atoms with van der Waals surface area (Å²) in [6, 6.07) is 0. The van der Waals surface area contributed by atoms with Crippen LogP contribution in [0.2, 0.25) is 0 Å². The van der Waals surface area contributed by atoms with E-state index in [-0.39, 0.29) is 5.82 Å². The maximum absolute atomic E-state index is 13.7. The first kappa shape index (κ1) is 12.1. The lowest BCUT2D eigenvalue weighted by atomic mass is 9.95. The zero-order chi connectivity index (χ0) is 12.4. The first-order valence-corrected chi connectivity index (χ1v) is 6.07. The molecular weight excluding hydrogens is 219 g/mol. The zero-order valence-corrected chi connectivity index (χ0v) is 10.6. The van der Waals surface area contributed by atoms with E-state index in [0.29, 0.717) is 23.6 Å². The number of anilines is 2. The summed E-state index contributed by atoms with van der Waals surface area (Å²) >= 11 is 0. The minimum Gasteiger partial charge on any atom is -0.357 e. The molecule has 1 saturated heterocycles. The molecule has 1 N–H and O–H groups in total. The highest BCUT2D eigenvalue weighted by Gasteiger charge is 2.27. The van der Waals surface area contributed by atoms with Crippen LogP contribution in [0.15, 0.2) is 6.20 Å². The highest BCUT2D eigenvalue weighted by Crippen LogP contribution is 2.28. The third kappa shape index (κ3) is 2.48. The molecule has 94 valence electrons. The Morgan fingerprint density at radius 2 is 2.29 bits per heavy atom. The number of hydrogen-bond donors (Lipinski definition) is 1. The van der Waals surface area contributed by atoms with E-state index in [4.69, 9.17) is 0 Å². The van der Waals surface area contributed by atoms with Crippen LogP contribution >= 0.6 is 0 Å². The molecule has 0 saturated carbocycles. The number of hydrogen-bond acceptors (Lipinski definition) is 4. The highest BCUT2D eigenvalue weighted by atomic mass is 19.1. The topological polar surface area (TPSA) is 41.1 Å². The molecule has 1 aliphatic rings. The molecule has 4 nitrogen and oxygen atoms in total. The second kappa shape index (κ2) is 4.85. The Kier molecular flexibility index (Phi) is 3.45. The molecule has 2 rings (SSSR count). The first-order valence-electron chi connectivity index (χ1n) is 6.07. The normalized spacial score (nSPS) is 20.1. The average molecular weight is 238 g/mol. The van der Waals surface area contributed by atoms with Crippen molar-refractivity contribution in [3.05, 3.63) is 12.0 Å². The van der Waals surface area contributed by atoms with E-state index >= 15 is 0 Å². The second-order valence-corrected chi connectivity index (χ2v) is 4.85. The first-order chi connectivity index (χ1) is 8.11. The number of nitrogens with zero attached hydrogens (tertiary/aromatic N) is 3. The van der Waals surface area contributed by atoms with Gasteiger partial charge in [-0.05, 0) is 18.3 Å². The van der Waals surface area contributed by atoms with Crippen molar-refractivity contribution < 1.29 is 4.39 Å². The summed E-state index contributed by atoms with van der Waals surface area (Å²) in [4.78, 5) is 10.1. The fourth-order valence-corrected chi connectivity index (χ4v) is 2.22. The van der Waals surface area contributed by atoms with Gasteiger partial charge in [0.15, 0.2) is 11.6 Å². The molecule has 0 amide bonds. The van der Waals surface area contributed by atoms with Crippen LogP contribution in [0.25, 0.3) is 0 Å². The molecule has 17 heavy (non-hydrogen) atoms. The van der Waals surface area contributed by atoms with Gasteiger partial charge in [0, 0.05) is 20.1 Å². The predicted molar refractivity (Wildman–Crippen MR) is 66.7 cm³/mol. The summed E-state index contributed by atoms with van der Waals surface area (Å²) in [6.45, 7) is 6.18. The number of aromatic nitrogens is 2. The molecule has 0 radical (unpaired) electrons. The third-order valence-electron chi connectivity index (χ3n) is 3.42. The van der Waals surface area contributed by atoms with E-state index in [9.17, 15) is 4.39 Å². The SMILES string of the molecule is CNc1ncc(F)c(N2CCC(C(C)C)C2)n1. The van der Waals surface area contributed by atoms with Gasteiger partial charge in [-0.3, -0.25) is 0 Å². The lowest BCUT2D eigenvalue weighted by molar-refractivity contribution is 0.422. The van der Waals surface area contributed by atoms with Crippen LogP contribution in [-0.4, -0.2) is 30.1 Å². The molecule has 1 aliphatic heterocycles. The molecule has 5 heteroatoms. The molecular formula is C12H19FN4. The van der Waals surface area contributed by atoms with Gasteiger partial charge in [-0.2, -0.15) is 4.98 Å². The Morgan fingerprint density at radius 3 is 2.88 bits per heavy atom. The second-order valence-electron chi connectivity index (χ2n) is 4.85. The molecule has 0 bridgehead atoms. The summed E-state index contributed by atoms with van der Waals surface area (Å²) < 4.78 is 13.7. The van der Waals surface area contributed by atoms with Gasteiger partial charge in [0.1, 0.15) is 0 Å². The van der Waals surface area contributed by atoms with Crippen molar-refractivity contribution in [3.63, 3.8) is 0 Å². The average Bonchev–Trinajstić information content (AvgIpc) is 2.79. The van der Waals surface area contributed by atoms with Gasteiger partial charge >= 0.3 is 0 Å². The highest BCUT2D eigenvalue weighted by molar-refractivity contribution is 5.44. The Balaban J connectivity index is 2.18. The lowest BCUT2D eigenvalue weighted by Gasteiger charge is -2.19. The van der Waals surface area contributed by atoms with E-state index in [1.165, 1.54) is 6.20 Å². The van der Waals surface area contributed by atoms with Gasteiger partial charge in [0.05, 0.1) is 6.20 Å². The van der Waals surface area contributed by atoms with Crippen molar-refractivity contribution >= 4 is 11.8 Å². The smallest absolute Gasteiger partial charge is 0.224 e. The summed E-state index contributed by atoms with van der Waals surface area (Å²) in [5.41, 5.74) is 0. The van der Waals surface area contributed by atoms with Gasteiger partial charge in [-0.25, -0.2) is 9.37 Å². The third-order valence-corrected chi connectivity index (χ3v) is 3.42. The number of rotatable bonds is 3. The van der Waals surface area contributed by atoms with Crippen molar-refractivity contribution in [1.29, 1.82) is 0 Å². The van der Waals surface area contributed by atoms with Gasteiger partial charge in [-0.1, -0.05) is 13.8 Å². The molecule has 1 aromatic heterocycles. The van der Waals surface area contributed by atoms with Crippen LogP contribution in [0.1, 0.15) is 20.3 Å². The zero-order valence-electron chi connectivity index (χ0n) is 10.6. The lowest BCUT2D eigenvalue weighted by Crippen LogP contribution is -2.23. The fourth-order valence-electron chi connectivity index (χ4n) is 2.22. The van der Waals surface area contributed by atoms with E-state index in [0.717, 1.165) is 19.5 Å². The number of halogens is 1. The Labute approximate surface area is 101 Å². The molecule has 1 fully saturated rings. The molecule has 2 heterocycles. The molecule has 1 unspecified atom stereocenters. The van der Waals surface area contributed by atoms with Gasteiger partial charge in [0.25, 0.3) is 0 Å². The molecule has 0 aromatic carbocycles. The van der Waals surface area contributed by atoms with E-state index < -0.39 is 0 Å². The van der Waals surface area contributed by atoms with Crippen molar-refractivity contribution in [1.82, 2.24) is 9.97 Å². The van der Waals surface area contributed by atoms with Crippen LogP contribution < -0.4 is 10.2 Å². The molecule has 0 spiro atoms. The summed E-state index contributed by atoms with van der Waals surface area (Å²) in [5, 5.41) is 2.84. The minimum atomic E-state index is -0.339. The minimum absolute atomic E-state index is 0.339. The van der Waals surface area contributed by atoms with E-state index in [1.807, 2.05) is 4.90 Å². The van der Waals surface area contributed by atoms with E-state index in [1.54, 1.807) is 7.05 Å². The van der Waals surface area contributed by atoms with Crippen molar-refractivity contribution in [2.75, 3.05) is 30.4 Å². The number of nitrogens with one attached hydrogen (secondary N) is 1. The Hall–Kier alpha value is -1.39. The van der Waals surface area contributed by atoms with Gasteiger partial charge < -0.3 is 10.2 Å². The van der Waals surface area contributed by atoms with Crippen molar-refractivity contribution in [2.45, 2.75) is 20.3 Å². The van der Waals surface area contributed by atoms with Gasteiger partial charge in [0.2, 0.25) is 5.95 Å². The van der Waals surface area contributed by atoms with Crippen LogP contribution in [0.3, 0.4) is 0 Å². The van der Waals surface area contributed by atoms with Gasteiger partial charge in [-0.15, -0.1) is 0 Å².